The van der Waals surface area contributed by atoms with Gasteiger partial charge >= 0.3 is 5.97 Å². The van der Waals surface area contributed by atoms with Crippen molar-refractivity contribution >= 4 is 39.3 Å². The van der Waals surface area contributed by atoms with Crippen LogP contribution in [0.5, 0.6) is 5.75 Å². The van der Waals surface area contributed by atoms with Crippen LogP contribution in [-0.4, -0.2) is 35.0 Å². The van der Waals surface area contributed by atoms with Crippen LogP contribution in [0.4, 0.5) is 0 Å². The van der Waals surface area contributed by atoms with Crippen LogP contribution in [0.25, 0.3) is 15.9 Å². The normalized spacial score (nSPS) is 12.9. The Labute approximate surface area is 170 Å². The summed E-state index contributed by atoms with van der Waals surface area (Å²) >= 11 is 2.81. The number of fused-ring (bicyclic) bond motifs is 3. The fraction of sp³-hybridized carbons (Fsp3) is 0.350. The quantitative estimate of drug-likeness (QED) is 0.347. The molecule has 0 N–H and O–H groups in total. The molecule has 0 aliphatic heterocycles. The minimum Gasteiger partial charge on any atom is -0.494 e. The van der Waals surface area contributed by atoms with Gasteiger partial charge in [-0.3, -0.25) is 14.2 Å². The lowest BCUT2D eigenvalue weighted by atomic mass is 10.2. The summed E-state index contributed by atoms with van der Waals surface area (Å²) in [4.78, 5) is 31.9. The summed E-state index contributed by atoms with van der Waals surface area (Å²) in [7, 11) is 1.35. The molecule has 0 bridgehead atoms. The number of ether oxygens (including phenoxy) is 2. The molecule has 0 fully saturated rings. The van der Waals surface area contributed by atoms with Crippen LogP contribution in [0, 0.1) is 0 Å². The Hall–Kier alpha value is -2.32. The number of thiophene rings is 1. The van der Waals surface area contributed by atoms with Gasteiger partial charge in [-0.25, -0.2) is 4.98 Å². The van der Waals surface area contributed by atoms with Crippen molar-refractivity contribution in [2.24, 2.45) is 0 Å². The lowest BCUT2D eigenvalue weighted by molar-refractivity contribution is -0.137. The van der Waals surface area contributed by atoms with Gasteiger partial charge in [0.05, 0.1) is 30.5 Å². The average molecular weight is 417 g/mol. The number of nitrogens with zero attached hydrogens (tertiary/aromatic N) is 2. The molecule has 0 spiro atoms. The molecule has 0 saturated heterocycles. The van der Waals surface area contributed by atoms with E-state index >= 15 is 0 Å². The number of carbonyl (C=O) groups is 1. The van der Waals surface area contributed by atoms with Crippen molar-refractivity contribution in [3.8, 4) is 11.4 Å². The van der Waals surface area contributed by atoms with Gasteiger partial charge in [0.1, 0.15) is 10.6 Å². The van der Waals surface area contributed by atoms with Crippen molar-refractivity contribution in [2.45, 2.75) is 31.3 Å². The molecular formula is C20H20N2O4S2. The Morgan fingerprint density at radius 1 is 1.29 bits per heavy atom. The van der Waals surface area contributed by atoms with Crippen molar-refractivity contribution in [2.75, 3.05) is 19.5 Å². The number of hydrogen-bond acceptors (Lipinski definition) is 7. The van der Waals surface area contributed by atoms with E-state index in [1.165, 1.54) is 23.7 Å². The first-order valence-corrected chi connectivity index (χ1v) is 10.9. The topological polar surface area (TPSA) is 70.4 Å². The van der Waals surface area contributed by atoms with Crippen LogP contribution in [0.1, 0.15) is 23.8 Å². The van der Waals surface area contributed by atoms with E-state index in [-0.39, 0.29) is 17.3 Å². The lowest BCUT2D eigenvalue weighted by Crippen LogP contribution is -2.22. The highest BCUT2D eigenvalue weighted by atomic mass is 32.2. The fourth-order valence-electron chi connectivity index (χ4n) is 3.39. The number of rotatable bonds is 6. The molecule has 3 aromatic rings. The standard InChI is InChI=1S/C20H20N2O4S2/c1-3-26-13-9-7-12(8-10-13)22-19(24)17-14-5-4-6-15(14)28-18(17)21-20(22)27-11-16(23)25-2/h7-10H,3-6,11H2,1-2H3. The second kappa shape index (κ2) is 7.97. The molecular weight excluding hydrogens is 396 g/mol. The number of esters is 1. The molecule has 6 nitrogen and oxygen atoms in total. The maximum Gasteiger partial charge on any atom is 0.316 e. The third-order valence-corrected chi connectivity index (χ3v) is 6.76. The number of aryl methyl sites for hydroxylation is 2. The van der Waals surface area contributed by atoms with Crippen LogP contribution in [0.2, 0.25) is 0 Å². The van der Waals surface area contributed by atoms with E-state index in [4.69, 9.17) is 14.5 Å². The summed E-state index contributed by atoms with van der Waals surface area (Å²) in [6, 6.07) is 7.36. The van der Waals surface area contributed by atoms with Crippen LogP contribution in [0.15, 0.2) is 34.2 Å². The molecule has 2 heterocycles. The highest BCUT2D eigenvalue weighted by molar-refractivity contribution is 7.99. The number of hydrogen-bond donors (Lipinski definition) is 0. The Kier molecular flexibility index (Phi) is 5.41. The van der Waals surface area contributed by atoms with Crippen molar-refractivity contribution in [3.05, 3.63) is 45.1 Å². The summed E-state index contributed by atoms with van der Waals surface area (Å²) in [5, 5.41) is 1.21. The molecule has 8 heteroatoms. The summed E-state index contributed by atoms with van der Waals surface area (Å²) in [6.45, 7) is 2.50. The van der Waals surface area contributed by atoms with Gasteiger partial charge in [-0.05, 0) is 56.0 Å². The lowest BCUT2D eigenvalue weighted by Gasteiger charge is -2.13. The van der Waals surface area contributed by atoms with Gasteiger partial charge in [0.2, 0.25) is 0 Å². The highest BCUT2D eigenvalue weighted by Crippen LogP contribution is 2.36. The molecule has 28 heavy (non-hydrogen) atoms. The van der Waals surface area contributed by atoms with Crippen molar-refractivity contribution in [3.63, 3.8) is 0 Å². The molecule has 0 amide bonds. The van der Waals surface area contributed by atoms with Gasteiger partial charge in [0.25, 0.3) is 5.56 Å². The molecule has 0 saturated carbocycles. The summed E-state index contributed by atoms with van der Waals surface area (Å²) in [5.74, 6) is 0.483. The SMILES string of the molecule is CCOc1ccc(-n2c(SCC(=O)OC)nc3sc4c(c3c2=O)CCC4)cc1. The van der Waals surface area contributed by atoms with Crippen LogP contribution in [-0.2, 0) is 22.4 Å². The van der Waals surface area contributed by atoms with E-state index in [2.05, 4.69) is 0 Å². The van der Waals surface area contributed by atoms with E-state index < -0.39 is 0 Å². The maximum absolute atomic E-state index is 13.5. The fourth-order valence-corrected chi connectivity index (χ4v) is 5.54. The number of thioether (sulfide) groups is 1. The van der Waals surface area contributed by atoms with Crippen LogP contribution < -0.4 is 10.3 Å². The van der Waals surface area contributed by atoms with E-state index in [9.17, 15) is 9.59 Å². The molecule has 2 aromatic heterocycles. The first kappa shape index (κ1) is 19.0. The zero-order valence-corrected chi connectivity index (χ0v) is 17.3. The average Bonchev–Trinajstić information content (AvgIpc) is 3.28. The van der Waals surface area contributed by atoms with Gasteiger partial charge in [-0.15, -0.1) is 11.3 Å². The molecule has 1 aliphatic carbocycles. The summed E-state index contributed by atoms with van der Waals surface area (Å²) in [5.41, 5.74) is 1.76. The van der Waals surface area contributed by atoms with Gasteiger partial charge in [0.15, 0.2) is 5.16 Å². The second-order valence-corrected chi connectivity index (χ2v) is 8.39. The number of aromatic nitrogens is 2. The third-order valence-electron chi connectivity index (χ3n) is 4.66. The zero-order chi connectivity index (χ0) is 19.7. The molecule has 1 aromatic carbocycles. The first-order valence-electron chi connectivity index (χ1n) is 9.12. The number of benzene rings is 1. The molecule has 0 atom stereocenters. The molecule has 0 unspecified atom stereocenters. The van der Waals surface area contributed by atoms with E-state index in [0.717, 1.165) is 35.4 Å². The zero-order valence-electron chi connectivity index (χ0n) is 15.7. The largest absolute Gasteiger partial charge is 0.494 e. The van der Waals surface area contributed by atoms with Crippen LogP contribution >= 0.6 is 23.1 Å². The van der Waals surface area contributed by atoms with Crippen LogP contribution in [0.3, 0.4) is 0 Å². The van der Waals surface area contributed by atoms with Crippen molar-refractivity contribution in [1.29, 1.82) is 0 Å². The number of methoxy groups -OCH3 is 1. The molecule has 1 aliphatic rings. The van der Waals surface area contributed by atoms with E-state index in [0.29, 0.717) is 22.8 Å². The highest BCUT2D eigenvalue weighted by Gasteiger charge is 2.24. The van der Waals surface area contributed by atoms with Gasteiger partial charge in [0, 0.05) is 4.88 Å². The maximum atomic E-state index is 13.5. The second-order valence-electron chi connectivity index (χ2n) is 6.36. The summed E-state index contributed by atoms with van der Waals surface area (Å²) in [6.07, 6.45) is 3.01. The monoisotopic (exact) mass is 416 g/mol. The molecule has 0 radical (unpaired) electrons. The Bertz CT molecular complexity index is 1090. The molecule has 4 rings (SSSR count). The van der Waals surface area contributed by atoms with Gasteiger partial charge in [-0.2, -0.15) is 0 Å². The smallest absolute Gasteiger partial charge is 0.316 e. The minimum absolute atomic E-state index is 0.0825. The Balaban J connectivity index is 1.86. The summed E-state index contributed by atoms with van der Waals surface area (Å²) < 4.78 is 11.8. The number of carbonyl (C=O) groups excluding carboxylic acids is 1. The van der Waals surface area contributed by atoms with Gasteiger partial charge < -0.3 is 9.47 Å². The van der Waals surface area contributed by atoms with E-state index in [1.807, 2.05) is 31.2 Å². The predicted molar refractivity (Wildman–Crippen MR) is 111 cm³/mol. The van der Waals surface area contributed by atoms with Crippen molar-refractivity contribution in [1.82, 2.24) is 9.55 Å². The van der Waals surface area contributed by atoms with Gasteiger partial charge in [-0.1, -0.05) is 11.8 Å². The first-order chi connectivity index (χ1) is 13.6. The molecule has 146 valence electrons. The predicted octanol–water partition coefficient (Wildman–Crippen LogP) is 3.60. The third kappa shape index (κ3) is 3.42. The Morgan fingerprint density at radius 3 is 2.79 bits per heavy atom. The minimum atomic E-state index is -0.355. The van der Waals surface area contributed by atoms with E-state index in [1.54, 1.807) is 15.9 Å². The Morgan fingerprint density at radius 2 is 2.07 bits per heavy atom. The van der Waals surface area contributed by atoms with Crippen molar-refractivity contribution < 1.29 is 14.3 Å².